The van der Waals surface area contributed by atoms with Gasteiger partial charge in [-0.25, -0.2) is 69.0 Å². The number of hydrogen-bond acceptors (Lipinski definition) is 26. The highest BCUT2D eigenvalue weighted by Crippen LogP contribution is 2.33. The molecule has 0 atom stereocenters. The van der Waals surface area contributed by atoms with Crippen molar-refractivity contribution in [1.82, 2.24) is 112 Å². The maximum absolute atomic E-state index is 14.0. The van der Waals surface area contributed by atoms with E-state index in [2.05, 4.69) is 56.0 Å². The Morgan fingerprint density at radius 2 is 0.690 bits per heavy atom. The highest BCUT2D eigenvalue weighted by Gasteiger charge is 2.29. The lowest BCUT2D eigenvalue weighted by Gasteiger charge is -2.26. The van der Waals surface area contributed by atoms with Crippen LogP contribution in [-0.4, -0.2) is 180 Å². The third-order valence-electron chi connectivity index (χ3n) is 25.6. The second kappa shape index (κ2) is 39.8. The molecule has 37 heteroatoms. The summed E-state index contributed by atoms with van der Waals surface area (Å²) < 4.78 is 19.2. The van der Waals surface area contributed by atoms with Crippen molar-refractivity contribution in [3.05, 3.63) is 352 Å². The van der Waals surface area contributed by atoms with Gasteiger partial charge in [0, 0.05) is 56.3 Å². The first-order valence-corrected chi connectivity index (χ1v) is 45.9. The van der Waals surface area contributed by atoms with Gasteiger partial charge in [0.1, 0.15) is 48.3 Å². The maximum Gasteiger partial charge on any atom is 0.263 e. The van der Waals surface area contributed by atoms with Gasteiger partial charge in [-0.2, -0.15) is 15.3 Å². The zero-order valence-electron chi connectivity index (χ0n) is 79.6. The molecule has 21 rings (SSSR count). The van der Waals surface area contributed by atoms with Crippen molar-refractivity contribution in [2.45, 2.75) is 108 Å². The molecule has 0 unspecified atom stereocenters. The first-order valence-electron chi connectivity index (χ1n) is 45.9. The molecule has 716 valence electrons. The molecule has 0 bridgehead atoms. The number of carbonyl (C=O) groups is 3. The van der Waals surface area contributed by atoms with Gasteiger partial charge in [0.05, 0.1) is 143 Å². The fourth-order valence-electron chi connectivity index (χ4n) is 18.5. The van der Waals surface area contributed by atoms with Crippen molar-refractivity contribution in [3.8, 4) is 22.7 Å². The van der Waals surface area contributed by atoms with E-state index in [1.165, 1.54) is 39.3 Å². The molecule has 0 saturated carbocycles. The van der Waals surface area contributed by atoms with Crippen molar-refractivity contribution >= 4 is 128 Å². The number of para-hydroxylation sites is 4. The zero-order valence-corrected chi connectivity index (χ0v) is 79.6. The minimum absolute atomic E-state index is 0.0338. The van der Waals surface area contributed by atoms with Gasteiger partial charge in [0.2, 0.25) is 11.8 Å². The SMILES string of the molecule is CC(=O)N(O)CCc1nn(Cc2cc3cccc(C)c3c(=O)n2-c2ccccc2C)c2ncnc(N)c12.Cc1ccccc1-n1c(Cn2cnc3c(N)ncnc32)cc2cccc(C)c2c1=O.Cc1ccccc1-n1c(Cn2nc(CC(=O)N(C)O)c3c(N)ncnc32)cc2cccc(C)c2c1=O.Cc1ccccc1-n1c(Cn2nc(CC(=O)N3CCOCC3)c3c(N)ncnc32)cc2cccc(C)c2c1=O. The Labute approximate surface area is 810 Å². The average molecular weight is 1900 g/mol. The van der Waals surface area contributed by atoms with E-state index in [1.807, 2.05) is 248 Å². The molecule has 1 aliphatic heterocycles. The van der Waals surface area contributed by atoms with Gasteiger partial charge in [0.25, 0.3) is 28.1 Å². The van der Waals surface area contributed by atoms with E-state index in [0.717, 1.165) is 111 Å². The average Bonchev–Trinajstić information content (AvgIpc) is 1.34. The number of nitrogens with two attached hydrogens (primary N) is 4. The van der Waals surface area contributed by atoms with E-state index < -0.39 is 11.8 Å². The van der Waals surface area contributed by atoms with E-state index in [0.29, 0.717) is 132 Å². The molecule has 1 saturated heterocycles. The summed E-state index contributed by atoms with van der Waals surface area (Å²) in [5, 5.41) is 42.4. The number of amides is 3. The number of anilines is 4. The van der Waals surface area contributed by atoms with Gasteiger partial charge >= 0.3 is 0 Å². The fourth-order valence-corrected chi connectivity index (χ4v) is 18.5. The van der Waals surface area contributed by atoms with Crippen molar-refractivity contribution in [3.63, 3.8) is 0 Å². The van der Waals surface area contributed by atoms with Gasteiger partial charge in [-0.15, -0.1) is 0 Å². The van der Waals surface area contributed by atoms with Gasteiger partial charge < -0.3 is 37.1 Å². The summed E-state index contributed by atoms with van der Waals surface area (Å²) in [6.45, 7) is 20.2. The number of hydrogen-bond donors (Lipinski definition) is 6. The smallest absolute Gasteiger partial charge is 0.263 e. The molecule has 142 heavy (non-hydrogen) atoms. The number of rotatable bonds is 19. The second-order valence-corrected chi connectivity index (χ2v) is 35.1. The van der Waals surface area contributed by atoms with Crippen LogP contribution >= 0.6 is 0 Å². The number of pyridine rings is 4. The second-order valence-electron chi connectivity index (χ2n) is 35.1. The number of carbonyl (C=O) groups excluding carboxylic acids is 3. The third-order valence-corrected chi connectivity index (χ3v) is 25.6. The third kappa shape index (κ3) is 18.4. The number of likely N-dealkylation sites (N-methyl/N-ethyl adjacent to an activating group) is 1. The van der Waals surface area contributed by atoms with Gasteiger partial charge in [-0.1, -0.05) is 146 Å². The van der Waals surface area contributed by atoms with E-state index in [-0.39, 0.29) is 91.0 Å². The Bertz CT molecular complexity index is 8680. The van der Waals surface area contributed by atoms with Crippen LogP contribution in [0.1, 0.15) is 91.3 Å². The Morgan fingerprint density at radius 3 is 1.04 bits per heavy atom. The van der Waals surface area contributed by atoms with Crippen LogP contribution in [0.2, 0.25) is 0 Å². The van der Waals surface area contributed by atoms with Crippen molar-refractivity contribution in [1.29, 1.82) is 0 Å². The standard InChI is InChI=1S/C29H29N7O3.C27H27N7O3.C26H25N7O3.C23H20N6O/c1-18-6-3-4-9-23(18)36-21(14-20-8-5-7-19(2)25(20)29(36)38)16-35-28-26(27(30)31-17-32-28)22(33-35)15-24(37)34-10-12-39-13-11-34;1-16-7-4-5-10-22(16)34-20(13-19-9-6-8-17(2)23(19)27(34)36)14-32-26-24(25(28)29-15-30-26)21(31-32)11-12-33(37)18(3)35;1-15-7-4-5-10-20(15)33-18(11-17-9-6-8-16(2)22(17)26(33)35)13-32-25-23(24(27)28-14-29-25)19(30-32)12-21(34)31(3)36;1-14-6-3-4-9-18(14)29-17(10-16-8-5-7-15(2)19(16)23(29)30)11-28-13-27-20-21(24)25-12-26-22(20)28/h3-9,14,17H,10-13,15-16H2,1-2H3,(H2,30,31,32);4-10,13,15,37H,11-12,14H2,1-3H3,(H2,28,29,30);4-11,14,36H,12-13H2,1-3H3,(H2,27,28,29);3-10,12-13H,11H2,1-2H3,(H2,24,25,26). The number of imidazole rings is 1. The predicted octanol–water partition coefficient (Wildman–Crippen LogP) is 12.1. The largest absolute Gasteiger partial charge is 0.383 e. The normalized spacial score (nSPS) is 12.0. The first kappa shape index (κ1) is 94.6. The maximum atomic E-state index is 14.0. The molecule has 12 aromatic heterocycles. The number of aromatic nitrogens is 20. The van der Waals surface area contributed by atoms with E-state index in [9.17, 15) is 44.0 Å². The van der Waals surface area contributed by atoms with Crippen molar-refractivity contribution in [2.24, 2.45) is 0 Å². The number of hydroxylamine groups is 4. The molecule has 3 amide bonds. The van der Waals surface area contributed by atoms with E-state index >= 15 is 0 Å². The molecule has 13 heterocycles. The molecule has 0 radical (unpaired) electrons. The molecule has 10 N–H and O–H groups in total. The van der Waals surface area contributed by atoms with Crippen LogP contribution in [0.25, 0.3) is 110 Å². The van der Waals surface area contributed by atoms with Crippen LogP contribution in [0.3, 0.4) is 0 Å². The summed E-state index contributed by atoms with van der Waals surface area (Å²) in [6.07, 6.45) is 7.33. The topological polar surface area (TPSA) is 477 Å². The summed E-state index contributed by atoms with van der Waals surface area (Å²) in [5.74, 6) is -0.0368. The fraction of sp³-hybridized carbons (Fsp3) is 0.210. The monoisotopic (exact) mass is 1900 g/mol. The summed E-state index contributed by atoms with van der Waals surface area (Å²) in [4.78, 5) is 132. The molecule has 37 nitrogen and oxygen atoms in total. The highest BCUT2D eigenvalue weighted by atomic mass is 16.5. The van der Waals surface area contributed by atoms with E-state index in [4.69, 9.17) is 37.9 Å². The number of aryl methyl sites for hydroxylation is 8. The molecule has 8 aromatic carbocycles. The highest BCUT2D eigenvalue weighted by molar-refractivity contribution is 5.95. The van der Waals surface area contributed by atoms with Crippen molar-refractivity contribution < 1.29 is 29.5 Å². The summed E-state index contributed by atoms with van der Waals surface area (Å²) in [5.41, 5.74) is 42.0. The Morgan fingerprint density at radius 1 is 0.373 bits per heavy atom. The molecule has 1 fully saturated rings. The number of nitrogens with zero attached hydrogens (tertiary/aromatic N) is 23. The van der Waals surface area contributed by atoms with Crippen molar-refractivity contribution in [2.75, 3.05) is 62.8 Å². The molecule has 20 aromatic rings. The van der Waals surface area contributed by atoms with Gasteiger partial charge in [-0.3, -0.25) is 62.2 Å². The zero-order chi connectivity index (χ0) is 99.7. The minimum atomic E-state index is -0.553. The molecule has 0 aliphatic carbocycles. The summed E-state index contributed by atoms with van der Waals surface area (Å²) in [7, 11) is 1.25. The lowest BCUT2D eigenvalue weighted by Crippen LogP contribution is -2.41. The summed E-state index contributed by atoms with van der Waals surface area (Å²) >= 11 is 0. The number of nitrogen functional groups attached to an aromatic ring is 4. The quantitative estimate of drug-likeness (QED) is 0.0323. The lowest BCUT2D eigenvalue weighted by atomic mass is 10.1. The van der Waals surface area contributed by atoms with Crippen LogP contribution in [0.15, 0.2) is 245 Å². The van der Waals surface area contributed by atoms with Crippen LogP contribution in [0.4, 0.5) is 23.3 Å². The molecular weight excluding hydrogens is 1800 g/mol. The molecule has 0 spiro atoms. The minimum Gasteiger partial charge on any atom is -0.383 e. The Hall–Kier alpha value is -17.7. The number of fused-ring (bicyclic) bond motifs is 8. The lowest BCUT2D eigenvalue weighted by molar-refractivity contribution is -0.162. The molecule has 1 aliphatic rings. The number of benzene rings is 8. The predicted molar refractivity (Wildman–Crippen MR) is 544 cm³/mol. The molecular formula is C105H101N27O10. The van der Waals surface area contributed by atoms with Crippen LogP contribution < -0.4 is 45.2 Å². The number of ether oxygens (including phenoxy) is 1. The van der Waals surface area contributed by atoms with Gasteiger partial charge in [-0.05, 0) is 170 Å². The Balaban J connectivity index is 0.000000125. The van der Waals surface area contributed by atoms with Gasteiger partial charge in [0.15, 0.2) is 28.4 Å². The first-order chi connectivity index (χ1) is 68.5. The van der Waals surface area contributed by atoms with Crippen LogP contribution in [0, 0.1) is 55.4 Å². The number of morpholine rings is 1. The summed E-state index contributed by atoms with van der Waals surface area (Å²) in [6, 6.07) is 62.5. The van der Waals surface area contributed by atoms with Crippen LogP contribution in [0.5, 0.6) is 0 Å². The van der Waals surface area contributed by atoms with Crippen LogP contribution in [-0.2, 0) is 64.6 Å². The Kier molecular flexibility index (Phi) is 26.5. The van der Waals surface area contributed by atoms with E-state index in [1.54, 1.807) is 43.5 Å².